The van der Waals surface area contributed by atoms with Crippen molar-refractivity contribution >= 4 is 15.9 Å². The number of sulfonamides is 1. The number of hydrogen-bond acceptors (Lipinski definition) is 6. The minimum Gasteiger partial charge on any atom is -0.360 e. The molecule has 27 heavy (non-hydrogen) atoms. The summed E-state index contributed by atoms with van der Waals surface area (Å²) in [6.45, 7) is 4.80. The third-order valence-electron chi connectivity index (χ3n) is 5.40. The topological polar surface area (TPSA) is 119 Å². The van der Waals surface area contributed by atoms with Gasteiger partial charge in [0.2, 0.25) is 10.0 Å². The molecule has 9 heteroatoms. The van der Waals surface area contributed by atoms with E-state index in [4.69, 9.17) is 10.3 Å². The fourth-order valence-corrected chi connectivity index (χ4v) is 5.55. The number of carbonyl (C=O) groups is 1. The van der Waals surface area contributed by atoms with Crippen molar-refractivity contribution < 1.29 is 17.7 Å². The number of aromatic nitrogens is 1. The molecule has 1 aliphatic carbocycles. The van der Waals surface area contributed by atoms with Crippen LogP contribution in [0.15, 0.2) is 10.6 Å². The highest BCUT2D eigenvalue weighted by molar-refractivity contribution is 7.89. The van der Waals surface area contributed by atoms with Gasteiger partial charge in [-0.2, -0.15) is 4.31 Å². The second kappa shape index (κ2) is 8.28. The third-order valence-corrected chi connectivity index (χ3v) is 7.38. The van der Waals surface area contributed by atoms with E-state index in [-0.39, 0.29) is 29.7 Å². The summed E-state index contributed by atoms with van der Waals surface area (Å²) in [5, 5.41) is 6.88. The molecule has 0 bridgehead atoms. The molecule has 3 N–H and O–H groups in total. The van der Waals surface area contributed by atoms with Crippen LogP contribution in [0.25, 0.3) is 0 Å². The van der Waals surface area contributed by atoms with E-state index in [9.17, 15) is 13.2 Å². The zero-order valence-electron chi connectivity index (χ0n) is 16.1. The van der Waals surface area contributed by atoms with Gasteiger partial charge in [-0.25, -0.2) is 8.42 Å². The molecule has 8 nitrogen and oxygen atoms in total. The van der Waals surface area contributed by atoms with Gasteiger partial charge in [0.05, 0.1) is 5.75 Å². The van der Waals surface area contributed by atoms with E-state index >= 15 is 0 Å². The molecule has 2 aliphatic rings. The predicted molar refractivity (Wildman–Crippen MR) is 102 cm³/mol. The Labute approximate surface area is 160 Å². The molecule has 2 fully saturated rings. The lowest BCUT2D eigenvalue weighted by molar-refractivity contribution is 0.0890. The first-order valence-electron chi connectivity index (χ1n) is 9.79. The molecule has 1 aromatic heterocycles. The highest BCUT2D eigenvalue weighted by Crippen LogP contribution is 2.40. The van der Waals surface area contributed by atoms with E-state index in [1.165, 1.54) is 0 Å². The normalized spacial score (nSPS) is 24.3. The average molecular weight is 399 g/mol. The van der Waals surface area contributed by atoms with Crippen molar-refractivity contribution in [2.45, 2.75) is 64.0 Å². The van der Waals surface area contributed by atoms with Gasteiger partial charge in [0, 0.05) is 30.6 Å². The molecule has 0 radical (unpaired) electrons. The Morgan fingerprint density at radius 1 is 1.41 bits per heavy atom. The number of piperidine rings is 1. The molecular weight excluding hydrogens is 368 g/mol. The third kappa shape index (κ3) is 4.89. The Balaban J connectivity index is 1.62. The van der Waals surface area contributed by atoms with Crippen LogP contribution in [0.3, 0.4) is 0 Å². The lowest BCUT2D eigenvalue weighted by Gasteiger charge is -2.40. The first-order valence-corrected chi connectivity index (χ1v) is 11.4. The summed E-state index contributed by atoms with van der Waals surface area (Å²) in [7, 11) is -3.33. The predicted octanol–water partition coefficient (Wildman–Crippen LogP) is 1.45. The first kappa shape index (κ1) is 20.3. The van der Waals surface area contributed by atoms with Crippen molar-refractivity contribution in [3.63, 3.8) is 0 Å². The van der Waals surface area contributed by atoms with Gasteiger partial charge in [-0.3, -0.25) is 4.79 Å². The Morgan fingerprint density at radius 2 is 2.15 bits per heavy atom. The second-order valence-electron chi connectivity index (χ2n) is 7.96. The molecular formula is C18H30N4O4S. The lowest BCUT2D eigenvalue weighted by atomic mass is 9.91. The van der Waals surface area contributed by atoms with Gasteiger partial charge in [-0.15, -0.1) is 0 Å². The molecule has 0 spiro atoms. The van der Waals surface area contributed by atoms with Crippen LogP contribution in [-0.4, -0.2) is 54.7 Å². The molecule has 1 saturated carbocycles. The van der Waals surface area contributed by atoms with E-state index in [2.05, 4.69) is 10.5 Å². The van der Waals surface area contributed by atoms with Gasteiger partial charge < -0.3 is 15.6 Å². The number of rotatable bonds is 8. The maximum atomic E-state index is 12.6. The SMILES string of the molecule is CC(C)[C@H]1C[C@H](NC(=O)c2cc(C3CC3)on2)CCN1S(=O)(=O)CCCN. The number of nitrogens with two attached hydrogens (primary N) is 1. The summed E-state index contributed by atoms with van der Waals surface area (Å²) in [5.41, 5.74) is 5.77. The van der Waals surface area contributed by atoms with Crippen molar-refractivity contribution in [1.82, 2.24) is 14.8 Å². The smallest absolute Gasteiger partial charge is 0.273 e. The van der Waals surface area contributed by atoms with Crippen molar-refractivity contribution in [3.05, 3.63) is 17.5 Å². The summed E-state index contributed by atoms with van der Waals surface area (Å²) >= 11 is 0. The van der Waals surface area contributed by atoms with E-state index in [0.717, 1.165) is 18.6 Å². The summed E-state index contributed by atoms with van der Waals surface area (Å²) in [6.07, 6.45) is 3.81. The zero-order valence-corrected chi connectivity index (χ0v) is 16.9. The van der Waals surface area contributed by atoms with Crippen LogP contribution in [0.2, 0.25) is 0 Å². The Bertz CT molecular complexity index is 757. The molecule has 1 amide bonds. The van der Waals surface area contributed by atoms with Gasteiger partial charge in [0.25, 0.3) is 5.91 Å². The molecule has 3 rings (SSSR count). The lowest BCUT2D eigenvalue weighted by Crippen LogP contribution is -2.54. The summed E-state index contributed by atoms with van der Waals surface area (Å²) in [5.74, 6) is 1.17. The van der Waals surface area contributed by atoms with E-state index in [0.29, 0.717) is 44.0 Å². The highest BCUT2D eigenvalue weighted by atomic mass is 32.2. The maximum absolute atomic E-state index is 12.6. The van der Waals surface area contributed by atoms with Crippen LogP contribution >= 0.6 is 0 Å². The van der Waals surface area contributed by atoms with Gasteiger partial charge >= 0.3 is 0 Å². The molecule has 2 atom stereocenters. The maximum Gasteiger partial charge on any atom is 0.273 e. The molecule has 1 aliphatic heterocycles. The van der Waals surface area contributed by atoms with Crippen LogP contribution in [0, 0.1) is 5.92 Å². The van der Waals surface area contributed by atoms with Crippen molar-refractivity contribution in [2.75, 3.05) is 18.8 Å². The first-order chi connectivity index (χ1) is 12.8. The number of carbonyl (C=O) groups excluding carboxylic acids is 1. The minimum absolute atomic E-state index is 0.0760. The number of nitrogens with one attached hydrogen (secondary N) is 1. The molecule has 152 valence electrons. The van der Waals surface area contributed by atoms with E-state index in [1.807, 2.05) is 13.8 Å². The highest BCUT2D eigenvalue weighted by Gasteiger charge is 2.38. The van der Waals surface area contributed by atoms with Crippen LogP contribution < -0.4 is 11.1 Å². The van der Waals surface area contributed by atoms with Gasteiger partial charge in [-0.1, -0.05) is 19.0 Å². The standard InChI is InChI=1S/C18H30N4O4S/c1-12(2)16-10-14(6-8-22(16)27(24,25)9-3-7-19)20-18(23)15-11-17(26-21-15)13-4-5-13/h11-14,16H,3-10,19H2,1-2H3,(H,20,23)/t14-,16-/m1/s1. The van der Waals surface area contributed by atoms with Crippen molar-refractivity contribution in [3.8, 4) is 0 Å². The van der Waals surface area contributed by atoms with Crippen molar-refractivity contribution in [1.29, 1.82) is 0 Å². The quantitative estimate of drug-likeness (QED) is 0.684. The molecule has 1 aromatic rings. The molecule has 1 saturated heterocycles. The average Bonchev–Trinajstić information content (AvgIpc) is 3.36. The number of nitrogens with zero attached hydrogens (tertiary/aromatic N) is 2. The van der Waals surface area contributed by atoms with E-state index < -0.39 is 10.0 Å². The van der Waals surface area contributed by atoms with Gasteiger partial charge in [-0.05, 0) is 44.6 Å². The molecule has 0 unspecified atom stereocenters. The Kier molecular flexibility index (Phi) is 6.22. The molecule has 2 heterocycles. The van der Waals surface area contributed by atoms with Crippen LogP contribution in [0.5, 0.6) is 0 Å². The Morgan fingerprint density at radius 3 is 2.78 bits per heavy atom. The van der Waals surface area contributed by atoms with Crippen LogP contribution in [0.1, 0.15) is 68.1 Å². The monoisotopic (exact) mass is 398 g/mol. The second-order valence-corrected chi connectivity index (χ2v) is 10.0. The fourth-order valence-electron chi connectivity index (χ4n) is 3.66. The summed E-state index contributed by atoms with van der Waals surface area (Å²) < 4.78 is 32.1. The largest absolute Gasteiger partial charge is 0.360 e. The van der Waals surface area contributed by atoms with Gasteiger partial charge in [0.1, 0.15) is 5.76 Å². The Hall–Kier alpha value is -1.45. The van der Waals surface area contributed by atoms with Crippen LogP contribution in [0.4, 0.5) is 0 Å². The summed E-state index contributed by atoms with van der Waals surface area (Å²) in [4.78, 5) is 12.5. The zero-order chi connectivity index (χ0) is 19.6. The number of amides is 1. The van der Waals surface area contributed by atoms with Gasteiger partial charge in [0.15, 0.2) is 5.69 Å². The number of hydrogen-bond donors (Lipinski definition) is 2. The van der Waals surface area contributed by atoms with Crippen molar-refractivity contribution in [2.24, 2.45) is 11.7 Å². The summed E-state index contributed by atoms with van der Waals surface area (Å²) in [6, 6.07) is 1.51. The molecule has 0 aromatic carbocycles. The fraction of sp³-hybridized carbons (Fsp3) is 0.778. The minimum atomic E-state index is -3.33. The van der Waals surface area contributed by atoms with E-state index in [1.54, 1.807) is 10.4 Å². The van der Waals surface area contributed by atoms with Crippen LogP contribution in [-0.2, 0) is 10.0 Å².